The lowest BCUT2D eigenvalue weighted by Gasteiger charge is -2.36. The van der Waals surface area contributed by atoms with Crippen molar-refractivity contribution in [3.8, 4) is 0 Å². The Balaban J connectivity index is 0. The maximum Gasteiger partial charge on any atom is 0.285 e. The van der Waals surface area contributed by atoms with Crippen molar-refractivity contribution in [2.24, 2.45) is 11.8 Å². The molecule has 0 saturated carbocycles. The first-order chi connectivity index (χ1) is 21.4. The van der Waals surface area contributed by atoms with E-state index in [2.05, 4.69) is 33.4 Å². The summed E-state index contributed by atoms with van der Waals surface area (Å²) in [6.45, 7) is 7.31. The van der Waals surface area contributed by atoms with Gasteiger partial charge in [0.25, 0.3) is 11.9 Å². The molecule has 8 heteroatoms. The van der Waals surface area contributed by atoms with E-state index >= 15 is 0 Å². The first-order valence-corrected chi connectivity index (χ1v) is 18.2. The van der Waals surface area contributed by atoms with Crippen LogP contribution in [0.25, 0.3) is 0 Å². The van der Waals surface area contributed by atoms with Crippen LogP contribution in [0.4, 0.5) is 0 Å². The molecule has 0 radical (unpaired) electrons. The second-order valence-corrected chi connectivity index (χ2v) is 12.0. The molecule has 7 nitrogen and oxygen atoms in total. The summed E-state index contributed by atoms with van der Waals surface area (Å²) in [5, 5.41) is 0. The zero-order valence-corrected chi connectivity index (χ0v) is 31.4. The summed E-state index contributed by atoms with van der Waals surface area (Å²) >= 11 is 4.30. The zero-order chi connectivity index (χ0) is 33.4. The van der Waals surface area contributed by atoms with Crippen LogP contribution in [0.3, 0.4) is 0 Å². The molecule has 0 N–H and O–H groups in total. The summed E-state index contributed by atoms with van der Waals surface area (Å²) in [5.41, 5.74) is 0. The van der Waals surface area contributed by atoms with Crippen molar-refractivity contribution < 1.29 is 33.2 Å². The van der Waals surface area contributed by atoms with E-state index in [0.29, 0.717) is 0 Å². The van der Waals surface area contributed by atoms with E-state index in [1.165, 1.54) is 77.0 Å². The molecule has 0 saturated heterocycles. The fourth-order valence-electron chi connectivity index (χ4n) is 5.82. The van der Waals surface area contributed by atoms with Crippen LogP contribution >= 0.6 is 12.6 Å². The summed E-state index contributed by atoms with van der Waals surface area (Å²) in [6, 6.07) is 0. The molecule has 266 valence electrons. The van der Waals surface area contributed by atoms with Crippen LogP contribution in [-0.2, 0) is 33.2 Å². The third-order valence-electron chi connectivity index (χ3n) is 8.47. The molecule has 44 heavy (non-hydrogen) atoms. The highest BCUT2D eigenvalue weighted by Gasteiger charge is 2.40. The van der Waals surface area contributed by atoms with Gasteiger partial charge in [-0.25, -0.2) is 0 Å². The van der Waals surface area contributed by atoms with Gasteiger partial charge >= 0.3 is 0 Å². The number of unbranched alkanes of at least 4 members (excludes halogenated alkanes) is 10. The Hall–Kier alpha value is -0.350. The monoisotopic (exact) mass is 651 g/mol. The molecule has 0 fully saturated rings. The number of allylic oxidation sites excluding steroid dienone is 1. The van der Waals surface area contributed by atoms with Gasteiger partial charge in [0.2, 0.25) is 0 Å². The van der Waals surface area contributed by atoms with Gasteiger partial charge in [0.05, 0.1) is 12.9 Å². The molecule has 0 aromatic heterocycles. The summed E-state index contributed by atoms with van der Waals surface area (Å²) in [6.07, 6.45) is 26.5. The van der Waals surface area contributed by atoms with Crippen LogP contribution in [0.2, 0.25) is 0 Å². The van der Waals surface area contributed by atoms with Crippen LogP contribution in [0, 0.1) is 11.8 Å². The molecule has 0 aromatic carbocycles. The van der Waals surface area contributed by atoms with E-state index in [0.717, 1.165) is 57.3 Å². The first kappa shape index (κ1) is 45.8. The molecular weight excluding hydrogens is 576 g/mol. The fraction of sp³-hybridized carbons (Fsp3) is 0.944. The van der Waals surface area contributed by atoms with Gasteiger partial charge in [-0.2, -0.15) is 12.6 Å². The summed E-state index contributed by atoms with van der Waals surface area (Å²) < 4.78 is 38.8. The fourth-order valence-corrected chi connectivity index (χ4v) is 6.00. The molecule has 0 heterocycles. The highest BCUT2D eigenvalue weighted by molar-refractivity contribution is 7.80. The van der Waals surface area contributed by atoms with Gasteiger partial charge in [-0.05, 0) is 50.7 Å². The SMILES string of the molecule is CCC=COCCCC(CCCCCCCC)C(OC)(OC)OC.CCCCCCCCC(CCCS)C(OC)(OC)OC. The largest absolute Gasteiger partial charge is 0.502 e. The van der Waals surface area contributed by atoms with Crippen LogP contribution in [0.5, 0.6) is 0 Å². The molecule has 0 amide bonds. The normalized spacial score (nSPS) is 13.6. The Bertz CT molecular complexity index is 581. The number of methoxy groups -OCH3 is 6. The Morgan fingerprint density at radius 2 is 0.864 bits per heavy atom. The second kappa shape index (κ2) is 32.6. The molecule has 0 aliphatic rings. The molecule has 0 bridgehead atoms. The average Bonchev–Trinajstić information content (AvgIpc) is 3.06. The number of rotatable bonds is 31. The van der Waals surface area contributed by atoms with E-state index in [-0.39, 0.29) is 11.8 Å². The van der Waals surface area contributed by atoms with E-state index < -0.39 is 11.9 Å². The average molecular weight is 651 g/mol. The van der Waals surface area contributed by atoms with E-state index in [1.54, 1.807) is 48.9 Å². The van der Waals surface area contributed by atoms with Gasteiger partial charge in [0.15, 0.2) is 0 Å². The number of ether oxygens (including phenoxy) is 7. The second-order valence-electron chi connectivity index (χ2n) is 11.6. The highest BCUT2D eigenvalue weighted by Crippen LogP contribution is 2.33. The molecular formula is C36H74O7S. The van der Waals surface area contributed by atoms with Gasteiger partial charge in [0.1, 0.15) is 0 Å². The molecule has 0 spiro atoms. The van der Waals surface area contributed by atoms with Gasteiger partial charge in [-0.3, -0.25) is 0 Å². The quantitative estimate of drug-likeness (QED) is 0.0347. The Morgan fingerprint density at radius 3 is 1.23 bits per heavy atom. The van der Waals surface area contributed by atoms with Crippen LogP contribution < -0.4 is 0 Å². The number of hydrogen-bond acceptors (Lipinski definition) is 8. The molecule has 0 rings (SSSR count). The van der Waals surface area contributed by atoms with Gasteiger partial charge in [0, 0.05) is 54.5 Å². The smallest absolute Gasteiger partial charge is 0.285 e. The van der Waals surface area contributed by atoms with E-state index in [1.807, 2.05) is 6.08 Å². The molecule has 2 unspecified atom stereocenters. The lowest BCUT2D eigenvalue weighted by atomic mass is 9.93. The molecule has 0 aromatic rings. The summed E-state index contributed by atoms with van der Waals surface area (Å²) in [7, 11) is 9.93. The van der Waals surface area contributed by atoms with Crippen molar-refractivity contribution in [3.05, 3.63) is 12.3 Å². The lowest BCUT2D eigenvalue weighted by molar-refractivity contribution is -0.380. The Morgan fingerprint density at radius 1 is 0.500 bits per heavy atom. The number of thiol groups is 1. The molecule has 0 aliphatic carbocycles. The van der Waals surface area contributed by atoms with Gasteiger partial charge in [-0.15, -0.1) is 0 Å². The molecule has 0 aliphatic heterocycles. The minimum Gasteiger partial charge on any atom is -0.502 e. The number of hydrogen-bond donors (Lipinski definition) is 1. The molecule has 2 atom stereocenters. The Kier molecular flexibility index (Phi) is 33.9. The highest BCUT2D eigenvalue weighted by atomic mass is 32.1. The third kappa shape index (κ3) is 20.7. The topological polar surface area (TPSA) is 64.6 Å². The Labute approximate surface area is 279 Å². The van der Waals surface area contributed by atoms with Crippen molar-refractivity contribution in [1.82, 2.24) is 0 Å². The minimum absolute atomic E-state index is 0.211. The van der Waals surface area contributed by atoms with Crippen LogP contribution in [0.15, 0.2) is 12.3 Å². The standard InChI is InChI=1S/C20H40O4.C16H34O3S/c1-6-8-10-11-12-13-15-19(20(21-3,22-4)23-5)16-14-18-24-17-9-7-2;1-5-6-7-8-9-10-12-15(13-11-14-20)16(17-2,18-3)19-4/h9,17,19H,6-8,10-16,18H2,1-5H3;15,20H,5-14H2,1-4H3. The summed E-state index contributed by atoms with van der Waals surface area (Å²) in [4.78, 5) is 0. The predicted octanol–water partition coefficient (Wildman–Crippen LogP) is 10.3. The summed E-state index contributed by atoms with van der Waals surface area (Å²) in [5.74, 6) is -0.474. The van der Waals surface area contributed by atoms with Crippen molar-refractivity contribution in [2.75, 3.05) is 55.0 Å². The lowest BCUT2D eigenvalue weighted by Crippen LogP contribution is -2.44. The van der Waals surface area contributed by atoms with Crippen molar-refractivity contribution in [1.29, 1.82) is 0 Å². The van der Waals surface area contributed by atoms with Crippen LogP contribution in [0.1, 0.15) is 143 Å². The predicted molar refractivity (Wildman–Crippen MR) is 188 cm³/mol. The van der Waals surface area contributed by atoms with Gasteiger partial charge in [-0.1, -0.05) is 104 Å². The van der Waals surface area contributed by atoms with E-state index in [9.17, 15) is 0 Å². The van der Waals surface area contributed by atoms with Gasteiger partial charge < -0.3 is 33.2 Å². The maximum absolute atomic E-state index is 5.59. The third-order valence-corrected chi connectivity index (χ3v) is 8.79. The first-order valence-electron chi connectivity index (χ1n) is 17.6. The van der Waals surface area contributed by atoms with Crippen molar-refractivity contribution in [2.45, 2.75) is 155 Å². The van der Waals surface area contributed by atoms with Crippen molar-refractivity contribution >= 4 is 12.6 Å². The van der Waals surface area contributed by atoms with Crippen LogP contribution in [-0.4, -0.2) is 67.0 Å². The maximum atomic E-state index is 5.59. The zero-order valence-electron chi connectivity index (χ0n) is 30.5. The minimum atomic E-state index is -0.942. The van der Waals surface area contributed by atoms with Crippen molar-refractivity contribution in [3.63, 3.8) is 0 Å². The van der Waals surface area contributed by atoms with E-state index in [4.69, 9.17) is 33.2 Å².